The molecule has 1 N–H and O–H groups in total. The van der Waals surface area contributed by atoms with Crippen LogP contribution in [0.2, 0.25) is 0 Å². The lowest BCUT2D eigenvalue weighted by Gasteiger charge is -2.07. The third kappa shape index (κ3) is 2.52. The normalized spacial score (nSPS) is 11.2. The largest absolute Gasteiger partial charge is 0.370 e. The molecule has 116 valence electrons. The van der Waals surface area contributed by atoms with Gasteiger partial charge in [0.15, 0.2) is 0 Å². The van der Waals surface area contributed by atoms with Crippen LogP contribution in [0.1, 0.15) is 0 Å². The first kappa shape index (κ1) is 14.7. The van der Waals surface area contributed by atoms with Gasteiger partial charge in [-0.1, -0.05) is 0 Å². The number of hydrogen-bond acceptors (Lipinski definition) is 5. The minimum Gasteiger partial charge on any atom is -0.370 e. The molecular formula is C17H14N2OS3. The Balaban J connectivity index is 2.02. The van der Waals surface area contributed by atoms with E-state index in [0.29, 0.717) is 0 Å². The van der Waals surface area contributed by atoms with Crippen molar-refractivity contribution < 1.29 is 0 Å². The molecule has 0 aliphatic rings. The summed E-state index contributed by atoms with van der Waals surface area (Å²) in [7, 11) is 4.11. The number of rotatable bonds is 3. The summed E-state index contributed by atoms with van der Waals surface area (Å²) >= 11 is 5.18. The number of thiophene rings is 3. The number of anilines is 1. The smallest absolute Gasteiger partial charge is 0.248 e. The number of nitrogens with zero attached hydrogens (tertiary/aromatic N) is 1. The summed E-state index contributed by atoms with van der Waals surface area (Å²) in [5.74, 6) is 0. The Labute approximate surface area is 145 Å². The molecule has 23 heavy (non-hydrogen) atoms. The fraction of sp³-hybridized carbons (Fsp3) is 0.118. The Morgan fingerprint density at radius 2 is 1.91 bits per heavy atom. The molecule has 4 rings (SSSR count). The Morgan fingerprint density at radius 1 is 1.04 bits per heavy atom. The molecular weight excluding hydrogens is 344 g/mol. The van der Waals surface area contributed by atoms with Crippen molar-refractivity contribution >= 4 is 49.2 Å². The summed E-state index contributed by atoms with van der Waals surface area (Å²) in [4.78, 5) is 19.4. The molecule has 0 bridgehead atoms. The van der Waals surface area contributed by atoms with Gasteiger partial charge in [0.1, 0.15) is 0 Å². The average molecular weight is 359 g/mol. The summed E-state index contributed by atoms with van der Waals surface area (Å²) < 4.78 is 1.11. The monoisotopic (exact) mass is 358 g/mol. The predicted octanol–water partition coefficient (Wildman–Crippen LogP) is 5.11. The first-order chi connectivity index (χ1) is 11.1. The summed E-state index contributed by atoms with van der Waals surface area (Å²) in [5.41, 5.74) is 3.18. The highest BCUT2D eigenvalue weighted by atomic mass is 32.1. The van der Waals surface area contributed by atoms with E-state index in [9.17, 15) is 4.79 Å². The van der Waals surface area contributed by atoms with Gasteiger partial charge in [0, 0.05) is 30.6 Å². The predicted molar refractivity (Wildman–Crippen MR) is 103 cm³/mol. The summed E-state index contributed by atoms with van der Waals surface area (Å²) in [6.45, 7) is 0. The number of aromatic amines is 1. The van der Waals surface area contributed by atoms with E-state index in [1.165, 1.54) is 14.8 Å². The van der Waals surface area contributed by atoms with Gasteiger partial charge in [-0.15, -0.1) is 22.7 Å². The molecule has 0 radical (unpaired) electrons. The van der Waals surface area contributed by atoms with E-state index in [1.807, 2.05) is 6.07 Å². The van der Waals surface area contributed by atoms with Crippen LogP contribution in [-0.2, 0) is 0 Å². The van der Waals surface area contributed by atoms with Crippen molar-refractivity contribution in [2.75, 3.05) is 19.0 Å². The quantitative estimate of drug-likeness (QED) is 0.552. The minimum absolute atomic E-state index is 0.0570. The first-order valence-electron chi connectivity index (χ1n) is 7.09. The second kappa shape index (κ2) is 5.63. The molecule has 0 aliphatic heterocycles. The number of H-pyrrole nitrogens is 1. The van der Waals surface area contributed by atoms with Gasteiger partial charge in [0.2, 0.25) is 5.56 Å². The van der Waals surface area contributed by atoms with Crippen molar-refractivity contribution in [3.05, 3.63) is 51.4 Å². The van der Waals surface area contributed by atoms with Crippen LogP contribution in [0.4, 0.5) is 5.00 Å². The van der Waals surface area contributed by atoms with Crippen molar-refractivity contribution in [2.24, 2.45) is 0 Å². The van der Waals surface area contributed by atoms with Gasteiger partial charge in [-0.3, -0.25) is 4.79 Å². The van der Waals surface area contributed by atoms with Gasteiger partial charge in [0.05, 0.1) is 20.1 Å². The van der Waals surface area contributed by atoms with Gasteiger partial charge in [-0.25, -0.2) is 0 Å². The maximum absolute atomic E-state index is 11.8. The van der Waals surface area contributed by atoms with Crippen LogP contribution in [0.25, 0.3) is 31.1 Å². The van der Waals surface area contributed by atoms with Crippen LogP contribution >= 0.6 is 34.0 Å². The molecule has 0 aromatic carbocycles. The zero-order chi connectivity index (χ0) is 16.0. The third-order valence-corrected chi connectivity index (χ3v) is 6.91. The Kier molecular flexibility index (Phi) is 3.60. The highest BCUT2D eigenvalue weighted by Gasteiger charge is 2.18. The number of fused-ring (bicyclic) bond motifs is 1. The number of nitrogens with one attached hydrogen (secondary N) is 1. The van der Waals surface area contributed by atoms with E-state index in [0.717, 1.165) is 21.3 Å². The topological polar surface area (TPSA) is 36.1 Å². The molecule has 0 saturated heterocycles. The van der Waals surface area contributed by atoms with E-state index in [2.05, 4.69) is 52.9 Å². The molecule has 4 heterocycles. The van der Waals surface area contributed by atoms with Crippen LogP contribution in [0.3, 0.4) is 0 Å². The van der Waals surface area contributed by atoms with Crippen molar-refractivity contribution in [2.45, 2.75) is 0 Å². The molecule has 4 aromatic heterocycles. The van der Waals surface area contributed by atoms with Crippen LogP contribution < -0.4 is 10.5 Å². The van der Waals surface area contributed by atoms with Crippen molar-refractivity contribution in [3.8, 4) is 20.9 Å². The van der Waals surface area contributed by atoms with Crippen molar-refractivity contribution in [1.29, 1.82) is 0 Å². The lowest BCUT2D eigenvalue weighted by molar-refractivity contribution is 1.16. The second-order valence-corrected chi connectivity index (χ2v) is 8.31. The fourth-order valence-corrected chi connectivity index (χ4v) is 5.43. The number of hydrogen-bond donors (Lipinski definition) is 1. The molecule has 0 atom stereocenters. The number of pyridine rings is 1. The number of aromatic nitrogens is 1. The van der Waals surface area contributed by atoms with Gasteiger partial charge in [-0.05, 0) is 40.6 Å². The molecule has 6 heteroatoms. The van der Waals surface area contributed by atoms with Gasteiger partial charge >= 0.3 is 0 Å². The zero-order valence-electron chi connectivity index (χ0n) is 12.6. The van der Waals surface area contributed by atoms with Crippen LogP contribution in [0.5, 0.6) is 0 Å². The van der Waals surface area contributed by atoms with Gasteiger partial charge in [0.25, 0.3) is 0 Å². The highest BCUT2D eigenvalue weighted by molar-refractivity contribution is 7.27. The molecule has 0 fully saturated rings. The first-order valence-corrected chi connectivity index (χ1v) is 9.67. The summed E-state index contributed by atoms with van der Waals surface area (Å²) in [6.07, 6.45) is 0. The maximum Gasteiger partial charge on any atom is 0.248 e. The van der Waals surface area contributed by atoms with Gasteiger partial charge < -0.3 is 9.88 Å². The third-order valence-electron chi connectivity index (χ3n) is 3.64. The average Bonchev–Trinajstić information content (AvgIpc) is 3.25. The van der Waals surface area contributed by atoms with E-state index in [1.54, 1.807) is 40.1 Å². The Hall–Kier alpha value is -1.89. The Bertz CT molecular complexity index is 1020. The molecule has 3 nitrogen and oxygen atoms in total. The standard InChI is InChI=1S/C17H14N2OS3/c1-19(2)14-6-4-12(22-14)17-15(10-7-8-21-9-10)16-11(23-17)3-5-13(20)18-16/h3-9H,1-2H3,(H,18,20). The molecule has 0 amide bonds. The lowest BCUT2D eigenvalue weighted by atomic mass is 10.1. The SMILES string of the molecule is CN(C)c1ccc(-c2sc3ccc(=O)[nH]c3c2-c2ccsc2)s1. The van der Waals surface area contributed by atoms with Crippen molar-refractivity contribution in [3.63, 3.8) is 0 Å². The summed E-state index contributed by atoms with van der Waals surface area (Å²) in [5, 5.41) is 5.43. The molecule has 4 aromatic rings. The lowest BCUT2D eigenvalue weighted by Crippen LogP contribution is -2.05. The maximum atomic E-state index is 11.8. The minimum atomic E-state index is -0.0570. The van der Waals surface area contributed by atoms with E-state index in [-0.39, 0.29) is 5.56 Å². The van der Waals surface area contributed by atoms with Gasteiger partial charge in [-0.2, -0.15) is 11.3 Å². The van der Waals surface area contributed by atoms with E-state index >= 15 is 0 Å². The fourth-order valence-electron chi connectivity index (χ4n) is 2.55. The Morgan fingerprint density at radius 3 is 2.61 bits per heavy atom. The van der Waals surface area contributed by atoms with Crippen LogP contribution in [0, 0.1) is 0 Å². The molecule has 0 spiro atoms. The van der Waals surface area contributed by atoms with Crippen LogP contribution in [0.15, 0.2) is 45.9 Å². The van der Waals surface area contributed by atoms with Crippen molar-refractivity contribution in [1.82, 2.24) is 4.98 Å². The second-order valence-electron chi connectivity index (χ2n) is 5.41. The summed E-state index contributed by atoms with van der Waals surface area (Å²) in [6, 6.07) is 9.93. The molecule has 0 aliphatic carbocycles. The van der Waals surface area contributed by atoms with E-state index < -0.39 is 0 Å². The zero-order valence-corrected chi connectivity index (χ0v) is 15.1. The highest BCUT2D eigenvalue weighted by Crippen LogP contribution is 2.47. The molecule has 0 unspecified atom stereocenters. The van der Waals surface area contributed by atoms with Crippen LogP contribution in [-0.4, -0.2) is 19.1 Å². The molecule has 0 saturated carbocycles. The van der Waals surface area contributed by atoms with E-state index in [4.69, 9.17) is 0 Å².